The van der Waals surface area contributed by atoms with E-state index in [1.807, 2.05) is 36.4 Å². The van der Waals surface area contributed by atoms with Crippen LogP contribution in [-0.2, 0) is 0 Å². The molecule has 0 bridgehead atoms. The van der Waals surface area contributed by atoms with Crippen LogP contribution in [0.5, 0.6) is 0 Å². The number of nitrogens with two attached hydrogens (primary N) is 2. The number of hydrogen-bond donors (Lipinski definition) is 2. The van der Waals surface area contributed by atoms with E-state index in [1.165, 1.54) is 6.33 Å². The number of rotatable bonds is 2. The van der Waals surface area contributed by atoms with E-state index in [0.29, 0.717) is 11.4 Å². The molecule has 0 aliphatic carbocycles. The van der Waals surface area contributed by atoms with Gasteiger partial charge >= 0.3 is 0 Å². The van der Waals surface area contributed by atoms with Crippen LogP contribution in [0.3, 0.4) is 0 Å². The first kappa shape index (κ1) is 12.1. The van der Waals surface area contributed by atoms with Gasteiger partial charge in [-0.25, -0.2) is 9.97 Å². The summed E-state index contributed by atoms with van der Waals surface area (Å²) in [5.41, 5.74) is 16.4. The van der Waals surface area contributed by atoms with Crippen LogP contribution >= 0.6 is 0 Å². The zero-order chi connectivity index (χ0) is 13.9. The summed E-state index contributed by atoms with van der Waals surface area (Å²) in [4.78, 5) is 12.6. The first-order chi connectivity index (χ1) is 9.77. The van der Waals surface area contributed by atoms with Crippen molar-refractivity contribution in [3.8, 4) is 22.5 Å². The third-order valence-electron chi connectivity index (χ3n) is 3.03. The Morgan fingerprint density at radius 3 is 2.30 bits per heavy atom. The molecule has 0 saturated heterocycles. The van der Waals surface area contributed by atoms with Crippen molar-refractivity contribution in [2.75, 3.05) is 11.5 Å². The summed E-state index contributed by atoms with van der Waals surface area (Å²) < 4.78 is 0. The van der Waals surface area contributed by atoms with Crippen molar-refractivity contribution in [1.29, 1.82) is 0 Å². The summed E-state index contributed by atoms with van der Waals surface area (Å²) >= 11 is 0. The van der Waals surface area contributed by atoms with E-state index in [4.69, 9.17) is 11.5 Å². The third-order valence-corrected chi connectivity index (χ3v) is 3.03. The van der Waals surface area contributed by atoms with Crippen molar-refractivity contribution in [3.63, 3.8) is 0 Å². The highest BCUT2D eigenvalue weighted by molar-refractivity contribution is 5.91. The smallest absolute Gasteiger partial charge is 0.116 e. The summed E-state index contributed by atoms with van der Waals surface area (Å²) in [5, 5.41) is 0. The van der Waals surface area contributed by atoms with Crippen molar-refractivity contribution in [1.82, 2.24) is 15.0 Å². The van der Waals surface area contributed by atoms with E-state index < -0.39 is 0 Å². The molecular formula is C15H13N5. The Hall–Kier alpha value is -2.95. The van der Waals surface area contributed by atoms with Crippen molar-refractivity contribution >= 4 is 11.4 Å². The standard InChI is InChI=1S/C15H13N5/c16-11-4-1-5-12(17)14(11)15-10(3-2-7-19-15)13-6-8-18-9-20-13/h1-9H,16-17H2. The number of aromatic nitrogens is 3. The van der Waals surface area contributed by atoms with E-state index in [2.05, 4.69) is 15.0 Å². The van der Waals surface area contributed by atoms with Gasteiger partial charge in [-0.05, 0) is 30.3 Å². The number of nitrogens with zero attached hydrogens (tertiary/aromatic N) is 3. The lowest BCUT2D eigenvalue weighted by molar-refractivity contribution is 1.17. The average molecular weight is 263 g/mol. The van der Waals surface area contributed by atoms with Crippen LogP contribution in [0.4, 0.5) is 11.4 Å². The summed E-state index contributed by atoms with van der Waals surface area (Å²) in [6.45, 7) is 0. The lowest BCUT2D eigenvalue weighted by atomic mass is 10.0. The van der Waals surface area contributed by atoms with E-state index in [9.17, 15) is 0 Å². The fraction of sp³-hybridized carbons (Fsp3) is 0. The Bertz CT molecular complexity index is 720. The summed E-state index contributed by atoms with van der Waals surface area (Å²) in [5.74, 6) is 0. The molecule has 3 rings (SSSR count). The van der Waals surface area contributed by atoms with Gasteiger partial charge < -0.3 is 11.5 Å². The van der Waals surface area contributed by atoms with Gasteiger partial charge in [0.05, 0.1) is 11.4 Å². The molecular weight excluding hydrogens is 250 g/mol. The van der Waals surface area contributed by atoms with Gasteiger partial charge in [0.15, 0.2) is 0 Å². The zero-order valence-corrected chi connectivity index (χ0v) is 10.7. The van der Waals surface area contributed by atoms with Crippen LogP contribution in [-0.4, -0.2) is 15.0 Å². The van der Waals surface area contributed by atoms with E-state index >= 15 is 0 Å². The van der Waals surface area contributed by atoms with Crippen molar-refractivity contribution in [2.24, 2.45) is 0 Å². The lowest BCUT2D eigenvalue weighted by Crippen LogP contribution is -1.99. The Labute approximate surface area is 116 Å². The molecule has 0 atom stereocenters. The summed E-state index contributed by atoms with van der Waals surface area (Å²) in [6.07, 6.45) is 4.91. The molecule has 0 unspecified atom stereocenters. The second-order valence-corrected chi connectivity index (χ2v) is 4.31. The molecule has 4 N–H and O–H groups in total. The Morgan fingerprint density at radius 2 is 1.60 bits per heavy atom. The molecule has 0 aliphatic rings. The second kappa shape index (κ2) is 4.97. The minimum atomic E-state index is 0.596. The van der Waals surface area contributed by atoms with Crippen LogP contribution < -0.4 is 11.5 Å². The van der Waals surface area contributed by atoms with Gasteiger partial charge in [-0.15, -0.1) is 0 Å². The van der Waals surface area contributed by atoms with Crippen LogP contribution in [0.15, 0.2) is 55.1 Å². The van der Waals surface area contributed by atoms with E-state index in [1.54, 1.807) is 12.4 Å². The Morgan fingerprint density at radius 1 is 0.800 bits per heavy atom. The third kappa shape index (κ3) is 2.05. The normalized spacial score (nSPS) is 10.4. The highest BCUT2D eigenvalue weighted by Gasteiger charge is 2.14. The second-order valence-electron chi connectivity index (χ2n) is 4.31. The molecule has 0 amide bonds. The SMILES string of the molecule is Nc1cccc(N)c1-c1ncccc1-c1ccncn1. The van der Waals surface area contributed by atoms with Crippen molar-refractivity contribution < 1.29 is 0 Å². The highest BCUT2D eigenvalue weighted by atomic mass is 14.8. The van der Waals surface area contributed by atoms with Gasteiger partial charge in [-0.3, -0.25) is 4.98 Å². The Balaban J connectivity index is 2.26. The van der Waals surface area contributed by atoms with Crippen LogP contribution in [0, 0.1) is 0 Å². The molecule has 5 heteroatoms. The topological polar surface area (TPSA) is 90.7 Å². The van der Waals surface area contributed by atoms with E-state index in [0.717, 1.165) is 22.5 Å². The maximum atomic E-state index is 6.05. The van der Waals surface area contributed by atoms with Gasteiger partial charge in [0.25, 0.3) is 0 Å². The molecule has 0 radical (unpaired) electrons. The molecule has 2 aromatic heterocycles. The van der Waals surface area contributed by atoms with Gasteiger partial charge in [-0.1, -0.05) is 6.07 Å². The number of benzene rings is 1. The van der Waals surface area contributed by atoms with Crippen LogP contribution in [0.25, 0.3) is 22.5 Å². The van der Waals surface area contributed by atoms with Gasteiger partial charge in [0, 0.05) is 34.9 Å². The molecule has 20 heavy (non-hydrogen) atoms. The molecule has 98 valence electrons. The molecule has 2 heterocycles. The van der Waals surface area contributed by atoms with E-state index in [-0.39, 0.29) is 0 Å². The number of anilines is 2. The fourth-order valence-corrected chi connectivity index (χ4v) is 2.12. The first-order valence-electron chi connectivity index (χ1n) is 6.13. The van der Waals surface area contributed by atoms with Gasteiger partial charge in [-0.2, -0.15) is 0 Å². The molecule has 3 aromatic rings. The van der Waals surface area contributed by atoms with Crippen molar-refractivity contribution in [2.45, 2.75) is 0 Å². The molecule has 0 aliphatic heterocycles. The number of hydrogen-bond acceptors (Lipinski definition) is 5. The van der Waals surface area contributed by atoms with Gasteiger partial charge in [0.2, 0.25) is 0 Å². The van der Waals surface area contributed by atoms with Gasteiger partial charge in [0.1, 0.15) is 6.33 Å². The molecule has 1 aromatic carbocycles. The fourth-order valence-electron chi connectivity index (χ4n) is 2.12. The molecule has 0 saturated carbocycles. The lowest BCUT2D eigenvalue weighted by Gasteiger charge is -2.12. The Kier molecular flexibility index (Phi) is 3.01. The largest absolute Gasteiger partial charge is 0.398 e. The minimum Gasteiger partial charge on any atom is -0.398 e. The highest BCUT2D eigenvalue weighted by Crippen LogP contribution is 2.35. The molecule has 0 spiro atoms. The summed E-state index contributed by atoms with van der Waals surface area (Å²) in [6, 6.07) is 11.1. The number of nitrogen functional groups attached to an aromatic ring is 2. The van der Waals surface area contributed by atoms with Crippen LogP contribution in [0.1, 0.15) is 0 Å². The minimum absolute atomic E-state index is 0.596. The summed E-state index contributed by atoms with van der Waals surface area (Å²) in [7, 11) is 0. The van der Waals surface area contributed by atoms with Crippen LogP contribution in [0.2, 0.25) is 0 Å². The predicted molar refractivity (Wildman–Crippen MR) is 79.5 cm³/mol. The predicted octanol–water partition coefficient (Wildman–Crippen LogP) is 2.37. The first-order valence-corrected chi connectivity index (χ1v) is 6.13. The maximum absolute atomic E-state index is 6.05. The average Bonchev–Trinajstić information content (AvgIpc) is 2.48. The zero-order valence-electron chi connectivity index (χ0n) is 10.7. The maximum Gasteiger partial charge on any atom is 0.116 e. The molecule has 0 fully saturated rings. The quantitative estimate of drug-likeness (QED) is 0.693. The van der Waals surface area contributed by atoms with Crippen molar-refractivity contribution in [3.05, 3.63) is 55.1 Å². The molecule has 5 nitrogen and oxygen atoms in total. The number of pyridine rings is 1. The monoisotopic (exact) mass is 263 g/mol.